The lowest BCUT2D eigenvalue weighted by atomic mass is 9.90. The minimum absolute atomic E-state index is 0.409. The van der Waals surface area contributed by atoms with Crippen LogP contribution in [0.4, 0.5) is 0 Å². The zero-order valence-electron chi connectivity index (χ0n) is 21.1. The van der Waals surface area contributed by atoms with Gasteiger partial charge in [-0.05, 0) is 106 Å². The molecule has 4 nitrogen and oxygen atoms in total. The largest absolute Gasteiger partial charge is 0.354 e. The third kappa shape index (κ3) is 4.39. The van der Waals surface area contributed by atoms with Crippen LogP contribution in [0.1, 0.15) is 69.3 Å². The van der Waals surface area contributed by atoms with Gasteiger partial charge in [0.2, 0.25) is 0 Å². The second-order valence-corrected chi connectivity index (χ2v) is 10.4. The number of rotatable bonds is 5. The SMILES string of the molecule is Cc1cc(-c2[nH]c3ccc(-c4ccnc(C5CCN(C(C)C)CC5)c4)cc3c2C(C)C)ccn1. The number of H-pyrrole nitrogens is 1. The second kappa shape index (κ2) is 9.34. The molecule has 4 heterocycles. The Balaban J connectivity index is 1.50. The summed E-state index contributed by atoms with van der Waals surface area (Å²) in [7, 11) is 0. The average molecular weight is 453 g/mol. The highest BCUT2D eigenvalue weighted by molar-refractivity contribution is 5.94. The molecule has 5 rings (SSSR count). The van der Waals surface area contributed by atoms with Crippen LogP contribution in [0.5, 0.6) is 0 Å². The zero-order chi connectivity index (χ0) is 23.8. The first-order chi connectivity index (χ1) is 16.4. The van der Waals surface area contributed by atoms with E-state index in [0.29, 0.717) is 17.9 Å². The molecule has 4 aromatic rings. The van der Waals surface area contributed by atoms with Gasteiger partial charge in [-0.25, -0.2) is 0 Å². The summed E-state index contributed by atoms with van der Waals surface area (Å²) in [4.78, 5) is 15.5. The number of aromatic nitrogens is 3. The predicted octanol–water partition coefficient (Wildman–Crippen LogP) is 7.31. The normalized spacial score (nSPS) is 15.6. The van der Waals surface area contributed by atoms with Crippen LogP contribution in [-0.2, 0) is 0 Å². The van der Waals surface area contributed by atoms with E-state index in [4.69, 9.17) is 4.98 Å². The van der Waals surface area contributed by atoms with Gasteiger partial charge < -0.3 is 9.88 Å². The van der Waals surface area contributed by atoms with Crippen molar-refractivity contribution in [3.63, 3.8) is 0 Å². The Hall–Kier alpha value is -2.98. The van der Waals surface area contributed by atoms with E-state index in [1.54, 1.807) is 0 Å². The molecule has 0 saturated carbocycles. The lowest BCUT2D eigenvalue weighted by molar-refractivity contribution is 0.171. The van der Waals surface area contributed by atoms with E-state index < -0.39 is 0 Å². The van der Waals surface area contributed by atoms with Crippen molar-refractivity contribution in [2.24, 2.45) is 0 Å². The van der Waals surface area contributed by atoms with Crippen molar-refractivity contribution in [2.45, 2.75) is 65.3 Å². The van der Waals surface area contributed by atoms with Gasteiger partial charge in [0.05, 0.1) is 5.69 Å². The van der Waals surface area contributed by atoms with Gasteiger partial charge in [-0.15, -0.1) is 0 Å². The molecule has 0 spiro atoms. The molecule has 1 aliphatic rings. The first-order valence-corrected chi connectivity index (χ1v) is 12.7. The molecule has 1 N–H and O–H groups in total. The number of aryl methyl sites for hydroxylation is 1. The third-order valence-electron chi connectivity index (χ3n) is 7.39. The number of benzene rings is 1. The molecular weight excluding hydrogens is 416 g/mol. The standard InChI is InChI=1S/C30H36N4/c1-19(2)29-26-17-23(6-7-27(26)33-30(29)25-9-12-31-21(5)16-25)24-8-13-32-28(18-24)22-10-14-34(15-11-22)20(3)4/h6-9,12-13,16-20,22,33H,10-11,14-15H2,1-5H3. The quantitative estimate of drug-likeness (QED) is 0.345. The van der Waals surface area contributed by atoms with Crippen molar-refractivity contribution < 1.29 is 0 Å². The topological polar surface area (TPSA) is 44.8 Å². The highest BCUT2D eigenvalue weighted by Crippen LogP contribution is 2.38. The summed E-state index contributed by atoms with van der Waals surface area (Å²) in [5, 5.41) is 1.31. The van der Waals surface area contributed by atoms with E-state index in [2.05, 4.69) is 85.0 Å². The number of nitrogens with zero attached hydrogens (tertiary/aromatic N) is 3. The first-order valence-electron chi connectivity index (χ1n) is 12.7. The summed E-state index contributed by atoms with van der Waals surface area (Å²) in [6.45, 7) is 13.5. The highest BCUT2D eigenvalue weighted by atomic mass is 15.1. The molecule has 0 bridgehead atoms. The highest BCUT2D eigenvalue weighted by Gasteiger charge is 2.23. The van der Waals surface area contributed by atoms with Crippen molar-refractivity contribution in [2.75, 3.05) is 13.1 Å². The van der Waals surface area contributed by atoms with Gasteiger partial charge in [0, 0.05) is 52.2 Å². The van der Waals surface area contributed by atoms with Crippen LogP contribution in [0.15, 0.2) is 54.9 Å². The zero-order valence-corrected chi connectivity index (χ0v) is 21.1. The number of likely N-dealkylation sites (tertiary alicyclic amines) is 1. The molecule has 1 saturated heterocycles. The lowest BCUT2D eigenvalue weighted by Gasteiger charge is -2.34. The maximum atomic E-state index is 4.79. The maximum absolute atomic E-state index is 4.79. The Labute approximate surface area is 203 Å². The van der Waals surface area contributed by atoms with Crippen molar-refractivity contribution >= 4 is 10.9 Å². The lowest BCUT2D eigenvalue weighted by Crippen LogP contribution is -2.37. The summed E-state index contributed by atoms with van der Waals surface area (Å²) in [6.07, 6.45) is 6.28. The minimum Gasteiger partial charge on any atom is -0.354 e. The van der Waals surface area contributed by atoms with Gasteiger partial charge in [-0.3, -0.25) is 9.97 Å². The Kier molecular flexibility index (Phi) is 6.26. The molecule has 0 amide bonds. The van der Waals surface area contributed by atoms with Gasteiger partial charge >= 0.3 is 0 Å². The third-order valence-corrected chi connectivity index (χ3v) is 7.39. The molecule has 1 aliphatic heterocycles. The molecule has 1 fully saturated rings. The minimum atomic E-state index is 0.409. The Morgan fingerprint density at radius 1 is 0.853 bits per heavy atom. The summed E-state index contributed by atoms with van der Waals surface area (Å²) < 4.78 is 0. The fourth-order valence-corrected chi connectivity index (χ4v) is 5.48. The Morgan fingerprint density at radius 3 is 2.26 bits per heavy atom. The number of hydrogen-bond donors (Lipinski definition) is 1. The summed E-state index contributed by atoms with van der Waals surface area (Å²) in [5.74, 6) is 0.963. The van der Waals surface area contributed by atoms with Crippen LogP contribution in [0.3, 0.4) is 0 Å². The van der Waals surface area contributed by atoms with Gasteiger partial charge in [-0.2, -0.15) is 0 Å². The molecule has 34 heavy (non-hydrogen) atoms. The molecule has 176 valence electrons. The Bertz CT molecular complexity index is 1290. The van der Waals surface area contributed by atoms with Crippen molar-refractivity contribution in [1.29, 1.82) is 0 Å². The van der Waals surface area contributed by atoms with Gasteiger partial charge in [0.15, 0.2) is 0 Å². The number of hydrogen-bond acceptors (Lipinski definition) is 3. The first kappa shape index (κ1) is 22.8. The van der Waals surface area contributed by atoms with Crippen LogP contribution >= 0.6 is 0 Å². The fourth-order valence-electron chi connectivity index (χ4n) is 5.48. The van der Waals surface area contributed by atoms with Gasteiger partial charge in [0.1, 0.15) is 0 Å². The van der Waals surface area contributed by atoms with E-state index in [1.807, 2.05) is 19.3 Å². The molecule has 0 atom stereocenters. The number of fused-ring (bicyclic) bond motifs is 1. The van der Waals surface area contributed by atoms with Gasteiger partial charge in [-0.1, -0.05) is 19.9 Å². The number of piperidine rings is 1. The number of aromatic amines is 1. The average Bonchev–Trinajstić information content (AvgIpc) is 3.23. The monoisotopic (exact) mass is 452 g/mol. The van der Waals surface area contributed by atoms with E-state index in [0.717, 1.165) is 5.69 Å². The molecule has 1 aromatic carbocycles. The van der Waals surface area contributed by atoms with Crippen molar-refractivity contribution in [1.82, 2.24) is 19.9 Å². The smallest absolute Gasteiger partial charge is 0.0501 e. The van der Waals surface area contributed by atoms with Crippen molar-refractivity contribution in [3.05, 3.63) is 71.8 Å². The molecule has 4 heteroatoms. The van der Waals surface area contributed by atoms with Crippen molar-refractivity contribution in [3.8, 4) is 22.4 Å². The van der Waals surface area contributed by atoms with E-state index in [9.17, 15) is 0 Å². The molecule has 0 unspecified atom stereocenters. The fraction of sp³-hybridized carbons (Fsp3) is 0.400. The van der Waals surface area contributed by atoms with Crippen LogP contribution in [0.25, 0.3) is 33.3 Å². The van der Waals surface area contributed by atoms with E-state index in [1.165, 1.54) is 70.5 Å². The molecule has 3 aromatic heterocycles. The summed E-state index contributed by atoms with van der Waals surface area (Å²) in [6, 6.07) is 16.2. The van der Waals surface area contributed by atoms with Crippen LogP contribution < -0.4 is 0 Å². The van der Waals surface area contributed by atoms with E-state index in [-0.39, 0.29) is 0 Å². The molecule has 0 aliphatic carbocycles. The van der Waals surface area contributed by atoms with Crippen LogP contribution in [0.2, 0.25) is 0 Å². The second-order valence-electron chi connectivity index (χ2n) is 10.4. The van der Waals surface area contributed by atoms with Crippen LogP contribution in [-0.4, -0.2) is 39.0 Å². The maximum Gasteiger partial charge on any atom is 0.0501 e. The Morgan fingerprint density at radius 2 is 1.56 bits per heavy atom. The number of pyridine rings is 2. The van der Waals surface area contributed by atoms with E-state index >= 15 is 0 Å². The molecular formula is C30H36N4. The summed E-state index contributed by atoms with van der Waals surface area (Å²) >= 11 is 0. The van der Waals surface area contributed by atoms with Crippen LogP contribution in [0, 0.1) is 6.92 Å². The van der Waals surface area contributed by atoms with Gasteiger partial charge in [0.25, 0.3) is 0 Å². The molecule has 0 radical (unpaired) electrons. The number of nitrogens with one attached hydrogen (secondary N) is 1. The summed E-state index contributed by atoms with van der Waals surface area (Å²) in [5.41, 5.74) is 9.77. The predicted molar refractivity (Wildman–Crippen MR) is 142 cm³/mol.